The second kappa shape index (κ2) is 8.11. The van der Waals surface area contributed by atoms with Gasteiger partial charge in [0.15, 0.2) is 0 Å². The van der Waals surface area contributed by atoms with Gasteiger partial charge in [0.2, 0.25) is 0 Å². The highest BCUT2D eigenvalue weighted by molar-refractivity contribution is 7.09. The number of hydrogen-bond donors (Lipinski definition) is 1. The Bertz CT molecular complexity index is 387. The summed E-state index contributed by atoms with van der Waals surface area (Å²) in [6.07, 6.45) is 2.16. The Morgan fingerprint density at radius 3 is 2.35 bits per heavy atom. The molecular formula is C16H31N3S. The summed E-state index contributed by atoms with van der Waals surface area (Å²) < 4.78 is 0. The molecule has 0 amide bonds. The highest BCUT2D eigenvalue weighted by Gasteiger charge is 2.36. The van der Waals surface area contributed by atoms with Gasteiger partial charge < -0.3 is 5.32 Å². The van der Waals surface area contributed by atoms with E-state index in [0.717, 1.165) is 37.5 Å². The molecule has 2 atom stereocenters. The van der Waals surface area contributed by atoms with Gasteiger partial charge in [-0.3, -0.25) is 4.90 Å². The Morgan fingerprint density at radius 2 is 1.95 bits per heavy atom. The summed E-state index contributed by atoms with van der Waals surface area (Å²) in [5.74, 6) is 0. The molecule has 0 aliphatic heterocycles. The predicted molar refractivity (Wildman–Crippen MR) is 89.6 cm³/mol. The first-order valence-corrected chi connectivity index (χ1v) is 8.79. The maximum atomic E-state index is 4.65. The molecule has 2 unspecified atom stereocenters. The van der Waals surface area contributed by atoms with Gasteiger partial charge in [-0.1, -0.05) is 27.7 Å². The lowest BCUT2D eigenvalue weighted by Crippen LogP contribution is -2.60. The second-order valence-electron chi connectivity index (χ2n) is 5.56. The van der Waals surface area contributed by atoms with Gasteiger partial charge in [0.1, 0.15) is 0 Å². The average Bonchev–Trinajstić information content (AvgIpc) is 2.84. The lowest BCUT2D eigenvalue weighted by atomic mass is 9.84. The Morgan fingerprint density at radius 1 is 1.30 bits per heavy atom. The number of nitrogens with one attached hydrogen (secondary N) is 1. The molecule has 0 saturated carbocycles. The molecule has 1 rings (SSSR count). The van der Waals surface area contributed by atoms with E-state index in [4.69, 9.17) is 0 Å². The van der Waals surface area contributed by atoms with Crippen LogP contribution in [0.1, 0.15) is 51.7 Å². The second-order valence-corrected chi connectivity index (χ2v) is 6.62. The lowest BCUT2D eigenvalue weighted by Gasteiger charge is -2.46. The summed E-state index contributed by atoms with van der Waals surface area (Å²) in [6.45, 7) is 16.7. The van der Waals surface area contributed by atoms with Gasteiger partial charge in [-0.2, -0.15) is 0 Å². The van der Waals surface area contributed by atoms with Crippen LogP contribution in [0.15, 0.2) is 5.38 Å². The standard InChI is InChI=1S/C16H31N3S/c1-7-16(6,19(9-3)10-4)15(17-8-2)11-14-12-20-13(5)18-14/h12,15,17H,7-11H2,1-6H3. The minimum atomic E-state index is 0.178. The molecule has 1 N–H and O–H groups in total. The van der Waals surface area contributed by atoms with Gasteiger partial charge >= 0.3 is 0 Å². The third-order valence-corrected chi connectivity index (χ3v) is 5.31. The maximum Gasteiger partial charge on any atom is 0.0897 e. The van der Waals surface area contributed by atoms with E-state index in [-0.39, 0.29) is 5.54 Å². The Balaban J connectivity index is 2.96. The lowest BCUT2D eigenvalue weighted by molar-refractivity contribution is 0.0704. The van der Waals surface area contributed by atoms with Crippen molar-refractivity contribution in [2.24, 2.45) is 0 Å². The fourth-order valence-electron chi connectivity index (χ4n) is 3.11. The molecule has 0 aliphatic carbocycles. The zero-order valence-corrected chi connectivity index (χ0v) is 14.8. The molecule has 1 aromatic rings. The molecule has 0 aliphatic rings. The maximum absolute atomic E-state index is 4.65. The number of thiazole rings is 1. The summed E-state index contributed by atoms with van der Waals surface area (Å²) >= 11 is 1.75. The van der Waals surface area contributed by atoms with Crippen molar-refractivity contribution in [3.05, 3.63) is 16.1 Å². The van der Waals surface area contributed by atoms with Crippen molar-refractivity contribution >= 4 is 11.3 Å². The molecule has 1 heterocycles. The molecule has 3 nitrogen and oxygen atoms in total. The Hall–Kier alpha value is -0.450. The normalized spacial score (nSPS) is 16.4. The molecule has 4 heteroatoms. The summed E-state index contributed by atoms with van der Waals surface area (Å²) in [6, 6.07) is 0.443. The van der Waals surface area contributed by atoms with E-state index in [0.29, 0.717) is 6.04 Å². The largest absolute Gasteiger partial charge is 0.312 e. The van der Waals surface area contributed by atoms with E-state index in [1.54, 1.807) is 11.3 Å². The van der Waals surface area contributed by atoms with E-state index in [2.05, 4.69) is 62.1 Å². The number of nitrogens with zero attached hydrogens (tertiary/aromatic N) is 2. The van der Waals surface area contributed by atoms with Crippen LogP contribution in [0.5, 0.6) is 0 Å². The van der Waals surface area contributed by atoms with Crippen molar-refractivity contribution in [1.29, 1.82) is 0 Å². The summed E-state index contributed by atoms with van der Waals surface area (Å²) in [5, 5.41) is 7.07. The van der Waals surface area contributed by atoms with Crippen molar-refractivity contribution < 1.29 is 0 Å². The summed E-state index contributed by atoms with van der Waals surface area (Å²) in [5.41, 5.74) is 1.40. The fourth-order valence-corrected chi connectivity index (χ4v) is 3.73. The number of aromatic nitrogens is 1. The zero-order valence-electron chi connectivity index (χ0n) is 14.0. The van der Waals surface area contributed by atoms with Crippen LogP contribution in [0.2, 0.25) is 0 Å². The van der Waals surface area contributed by atoms with E-state index < -0.39 is 0 Å². The number of rotatable bonds is 9. The molecule has 20 heavy (non-hydrogen) atoms. The van der Waals surface area contributed by atoms with E-state index >= 15 is 0 Å². The third-order valence-electron chi connectivity index (χ3n) is 4.48. The number of hydrogen-bond acceptors (Lipinski definition) is 4. The third kappa shape index (κ3) is 4.03. The Labute approximate surface area is 128 Å². The van der Waals surface area contributed by atoms with Gasteiger partial charge in [-0.25, -0.2) is 4.98 Å². The van der Waals surface area contributed by atoms with Crippen LogP contribution in [0.25, 0.3) is 0 Å². The summed E-state index contributed by atoms with van der Waals surface area (Å²) in [4.78, 5) is 7.23. The highest BCUT2D eigenvalue weighted by Crippen LogP contribution is 2.26. The molecule has 0 radical (unpaired) electrons. The minimum Gasteiger partial charge on any atom is -0.312 e. The molecule has 0 bridgehead atoms. The molecule has 1 aromatic heterocycles. The van der Waals surface area contributed by atoms with Crippen LogP contribution < -0.4 is 5.32 Å². The molecular weight excluding hydrogens is 266 g/mol. The van der Waals surface area contributed by atoms with Crippen LogP contribution in [0, 0.1) is 6.92 Å². The molecule has 0 fully saturated rings. The number of likely N-dealkylation sites (N-methyl/N-ethyl adjacent to an activating group) is 2. The number of aryl methyl sites for hydroxylation is 1. The quantitative estimate of drug-likeness (QED) is 0.756. The van der Waals surface area contributed by atoms with Crippen LogP contribution in [-0.2, 0) is 6.42 Å². The predicted octanol–water partition coefficient (Wildman–Crippen LogP) is 3.48. The summed E-state index contributed by atoms with van der Waals surface area (Å²) in [7, 11) is 0. The molecule has 116 valence electrons. The van der Waals surface area contributed by atoms with Gasteiger partial charge in [-0.05, 0) is 39.9 Å². The van der Waals surface area contributed by atoms with Crippen molar-refractivity contribution in [1.82, 2.24) is 15.2 Å². The zero-order chi connectivity index (χ0) is 15.2. The SMILES string of the molecule is CCNC(Cc1csc(C)n1)C(C)(CC)N(CC)CC. The van der Waals surface area contributed by atoms with Crippen LogP contribution in [0.4, 0.5) is 0 Å². The van der Waals surface area contributed by atoms with Crippen LogP contribution in [-0.4, -0.2) is 41.1 Å². The van der Waals surface area contributed by atoms with E-state index in [9.17, 15) is 0 Å². The first kappa shape index (κ1) is 17.6. The monoisotopic (exact) mass is 297 g/mol. The van der Waals surface area contributed by atoms with Gasteiger partial charge in [-0.15, -0.1) is 11.3 Å². The van der Waals surface area contributed by atoms with Crippen molar-refractivity contribution in [3.8, 4) is 0 Å². The first-order valence-electron chi connectivity index (χ1n) is 7.91. The van der Waals surface area contributed by atoms with E-state index in [1.807, 2.05) is 0 Å². The van der Waals surface area contributed by atoms with Crippen molar-refractivity contribution in [2.75, 3.05) is 19.6 Å². The van der Waals surface area contributed by atoms with Gasteiger partial charge in [0, 0.05) is 23.4 Å². The minimum absolute atomic E-state index is 0.178. The van der Waals surface area contributed by atoms with Crippen molar-refractivity contribution in [2.45, 2.75) is 66.0 Å². The fraction of sp³-hybridized carbons (Fsp3) is 0.812. The van der Waals surface area contributed by atoms with Crippen LogP contribution in [0.3, 0.4) is 0 Å². The molecule has 0 aromatic carbocycles. The Kier molecular flexibility index (Phi) is 7.13. The topological polar surface area (TPSA) is 28.2 Å². The van der Waals surface area contributed by atoms with Gasteiger partial charge in [0.05, 0.1) is 10.7 Å². The van der Waals surface area contributed by atoms with E-state index in [1.165, 1.54) is 5.69 Å². The highest BCUT2D eigenvalue weighted by atomic mass is 32.1. The van der Waals surface area contributed by atoms with Gasteiger partial charge in [0.25, 0.3) is 0 Å². The molecule has 0 spiro atoms. The average molecular weight is 298 g/mol. The van der Waals surface area contributed by atoms with Crippen LogP contribution >= 0.6 is 11.3 Å². The smallest absolute Gasteiger partial charge is 0.0897 e. The first-order chi connectivity index (χ1) is 9.51. The van der Waals surface area contributed by atoms with Crippen molar-refractivity contribution in [3.63, 3.8) is 0 Å². The molecule has 0 saturated heterocycles.